The van der Waals surface area contributed by atoms with Crippen molar-refractivity contribution in [3.63, 3.8) is 0 Å². The first kappa shape index (κ1) is 11.8. The van der Waals surface area contributed by atoms with Crippen LogP contribution in [0, 0.1) is 0 Å². The van der Waals surface area contributed by atoms with Gasteiger partial charge in [0, 0.05) is 17.6 Å². The van der Waals surface area contributed by atoms with Crippen molar-refractivity contribution in [3.05, 3.63) is 20.8 Å². The number of amides is 1. The van der Waals surface area contributed by atoms with Gasteiger partial charge in [-0.15, -0.1) is 11.3 Å². The van der Waals surface area contributed by atoms with Gasteiger partial charge in [0.25, 0.3) is 0 Å². The van der Waals surface area contributed by atoms with Crippen molar-refractivity contribution in [2.24, 2.45) is 0 Å². The van der Waals surface area contributed by atoms with Crippen molar-refractivity contribution in [1.82, 2.24) is 10.2 Å². The zero-order chi connectivity index (χ0) is 11.5. The number of carbonyl (C=O) groups excluding carboxylic acids is 2. The summed E-state index contributed by atoms with van der Waals surface area (Å²) >= 11 is 4.76. The van der Waals surface area contributed by atoms with E-state index in [1.807, 2.05) is 16.3 Å². The predicted molar refractivity (Wildman–Crippen MR) is 65.8 cm³/mol. The lowest BCUT2D eigenvalue weighted by Crippen LogP contribution is -2.49. The molecule has 6 heteroatoms. The average molecular weight is 303 g/mol. The molecule has 4 nitrogen and oxygen atoms in total. The van der Waals surface area contributed by atoms with Crippen LogP contribution in [0.25, 0.3) is 0 Å². The highest BCUT2D eigenvalue weighted by molar-refractivity contribution is 9.10. The second-order valence-corrected chi connectivity index (χ2v) is 5.35. The van der Waals surface area contributed by atoms with Crippen LogP contribution >= 0.6 is 27.3 Å². The molecule has 1 aromatic heterocycles. The molecule has 16 heavy (non-hydrogen) atoms. The lowest BCUT2D eigenvalue weighted by Gasteiger charge is -2.25. The van der Waals surface area contributed by atoms with Crippen LogP contribution in [0.4, 0.5) is 0 Å². The van der Waals surface area contributed by atoms with Crippen LogP contribution in [0.3, 0.4) is 0 Å². The van der Waals surface area contributed by atoms with Crippen LogP contribution in [0.15, 0.2) is 15.9 Å². The average Bonchev–Trinajstić information content (AvgIpc) is 2.64. The fourth-order valence-corrected chi connectivity index (χ4v) is 3.12. The highest BCUT2D eigenvalue weighted by Gasteiger charge is 2.20. The topological polar surface area (TPSA) is 49.4 Å². The molecule has 0 atom stereocenters. The van der Waals surface area contributed by atoms with Crippen LogP contribution < -0.4 is 5.32 Å². The second kappa shape index (κ2) is 5.07. The minimum atomic E-state index is -0.00991. The SMILES string of the molecule is O=C1CN(CC(=O)c2sccc2Br)CCN1. The van der Waals surface area contributed by atoms with Crippen molar-refractivity contribution < 1.29 is 9.59 Å². The third-order valence-electron chi connectivity index (χ3n) is 2.36. The molecule has 0 aliphatic carbocycles. The molecule has 0 aromatic carbocycles. The van der Waals surface area contributed by atoms with Crippen LogP contribution in [0.5, 0.6) is 0 Å². The summed E-state index contributed by atoms with van der Waals surface area (Å²) in [5.74, 6) is 0.0564. The molecule has 1 fully saturated rings. The third-order valence-corrected chi connectivity index (χ3v) is 4.23. The molecule has 1 saturated heterocycles. The number of piperazine rings is 1. The van der Waals surface area contributed by atoms with Crippen molar-refractivity contribution >= 4 is 39.0 Å². The minimum Gasteiger partial charge on any atom is -0.354 e. The molecular weight excluding hydrogens is 292 g/mol. The number of rotatable bonds is 3. The van der Waals surface area contributed by atoms with E-state index < -0.39 is 0 Å². The fraction of sp³-hybridized carbons (Fsp3) is 0.400. The first-order chi connectivity index (χ1) is 7.66. The Labute approximate surface area is 106 Å². The number of nitrogens with one attached hydrogen (secondary N) is 1. The van der Waals surface area contributed by atoms with E-state index in [1.165, 1.54) is 11.3 Å². The summed E-state index contributed by atoms with van der Waals surface area (Å²) in [4.78, 5) is 25.6. The standard InChI is InChI=1S/C10H11BrN2O2S/c11-7-1-4-16-10(7)8(14)5-13-3-2-12-9(15)6-13/h1,4H,2-3,5-6H2,(H,12,15). The van der Waals surface area contributed by atoms with E-state index in [0.717, 1.165) is 15.9 Å². The van der Waals surface area contributed by atoms with Crippen molar-refractivity contribution in [3.8, 4) is 0 Å². The molecule has 1 amide bonds. The van der Waals surface area contributed by atoms with Gasteiger partial charge in [0.15, 0.2) is 5.78 Å². The smallest absolute Gasteiger partial charge is 0.234 e. The molecule has 0 saturated carbocycles. The zero-order valence-corrected chi connectivity index (χ0v) is 10.9. The van der Waals surface area contributed by atoms with E-state index in [9.17, 15) is 9.59 Å². The number of Topliss-reactive ketones (excluding diaryl/α,β-unsaturated/α-hetero) is 1. The van der Waals surface area contributed by atoms with Gasteiger partial charge in [0.2, 0.25) is 5.91 Å². The van der Waals surface area contributed by atoms with Gasteiger partial charge in [-0.1, -0.05) is 0 Å². The predicted octanol–water partition coefficient (Wildman–Crippen LogP) is 1.13. The molecule has 0 unspecified atom stereocenters. The number of hydrogen-bond acceptors (Lipinski definition) is 4. The van der Waals surface area contributed by atoms with Gasteiger partial charge in [-0.2, -0.15) is 0 Å². The Hall–Kier alpha value is -0.720. The summed E-state index contributed by atoms with van der Waals surface area (Å²) in [6, 6.07) is 1.86. The number of carbonyl (C=O) groups is 2. The molecule has 2 heterocycles. The fourth-order valence-electron chi connectivity index (χ4n) is 1.59. The molecule has 0 radical (unpaired) electrons. The van der Waals surface area contributed by atoms with Crippen LogP contribution in [-0.4, -0.2) is 42.8 Å². The Morgan fingerprint density at radius 3 is 3.06 bits per heavy atom. The summed E-state index contributed by atoms with van der Waals surface area (Å²) in [6.45, 7) is 1.99. The van der Waals surface area contributed by atoms with Gasteiger partial charge < -0.3 is 5.32 Å². The van der Waals surface area contributed by atoms with E-state index in [1.54, 1.807) is 0 Å². The van der Waals surface area contributed by atoms with Crippen molar-refractivity contribution in [1.29, 1.82) is 0 Å². The van der Waals surface area contributed by atoms with E-state index in [4.69, 9.17) is 0 Å². The van der Waals surface area contributed by atoms with E-state index in [2.05, 4.69) is 21.2 Å². The monoisotopic (exact) mass is 302 g/mol. The van der Waals surface area contributed by atoms with Crippen LogP contribution in [-0.2, 0) is 4.79 Å². The normalized spacial score (nSPS) is 17.2. The lowest BCUT2D eigenvalue weighted by molar-refractivity contribution is -0.123. The largest absolute Gasteiger partial charge is 0.354 e. The molecule has 2 rings (SSSR count). The summed E-state index contributed by atoms with van der Waals surface area (Å²) in [5, 5.41) is 4.61. The second-order valence-electron chi connectivity index (χ2n) is 3.58. The van der Waals surface area contributed by atoms with Crippen molar-refractivity contribution in [2.75, 3.05) is 26.2 Å². The van der Waals surface area contributed by atoms with Gasteiger partial charge >= 0.3 is 0 Å². The Bertz CT molecular complexity index is 419. The molecule has 86 valence electrons. The summed E-state index contributed by atoms with van der Waals surface area (Å²) < 4.78 is 0.837. The number of hydrogen-bond donors (Lipinski definition) is 1. The first-order valence-corrected chi connectivity index (χ1v) is 6.59. The van der Waals surface area contributed by atoms with Gasteiger partial charge in [0.05, 0.1) is 18.0 Å². The number of thiophene rings is 1. The lowest BCUT2D eigenvalue weighted by atomic mass is 10.2. The van der Waals surface area contributed by atoms with Gasteiger partial charge in [-0.05, 0) is 27.4 Å². The molecule has 1 aliphatic rings. The number of halogens is 1. The van der Waals surface area contributed by atoms with E-state index in [0.29, 0.717) is 19.6 Å². The summed E-state index contributed by atoms with van der Waals surface area (Å²) in [7, 11) is 0. The van der Waals surface area contributed by atoms with E-state index >= 15 is 0 Å². The molecule has 1 aromatic rings. The minimum absolute atomic E-state index is 0.00991. The maximum absolute atomic E-state index is 11.9. The Balaban J connectivity index is 1.97. The third kappa shape index (κ3) is 2.69. The van der Waals surface area contributed by atoms with Gasteiger partial charge in [0.1, 0.15) is 0 Å². The molecule has 1 N–H and O–H groups in total. The molecule has 1 aliphatic heterocycles. The summed E-state index contributed by atoms with van der Waals surface area (Å²) in [6.07, 6.45) is 0. The van der Waals surface area contributed by atoms with Crippen molar-refractivity contribution in [2.45, 2.75) is 0 Å². The Morgan fingerprint density at radius 1 is 1.62 bits per heavy atom. The van der Waals surface area contributed by atoms with Crippen LogP contribution in [0.1, 0.15) is 9.67 Å². The van der Waals surface area contributed by atoms with Gasteiger partial charge in [-0.3, -0.25) is 14.5 Å². The number of ketones is 1. The Morgan fingerprint density at radius 2 is 2.44 bits per heavy atom. The maximum Gasteiger partial charge on any atom is 0.234 e. The maximum atomic E-state index is 11.9. The van der Waals surface area contributed by atoms with Crippen LogP contribution in [0.2, 0.25) is 0 Å². The number of nitrogens with zero attached hydrogens (tertiary/aromatic N) is 1. The molecule has 0 bridgehead atoms. The van der Waals surface area contributed by atoms with E-state index in [-0.39, 0.29) is 11.7 Å². The molecular formula is C10H11BrN2O2S. The first-order valence-electron chi connectivity index (χ1n) is 4.92. The highest BCUT2D eigenvalue weighted by atomic mass is 79.9. The summed E-state index contributed by atoms with van der Waals surface area (Å²) in [5.41, 5.74) is 0. The van der Waals surface area contributed by atoms with Gasteiger partial charge in [-0.25, -0.2) is 0 Å². The Kier molecular flexibility index (Phi) is 3.73. The highest BCUT2D eigenvalue weighted by Crippen LogP contribution is 2.23. The quantitative estimate of drug-likeness (QED) is 0.852. The molecule has 0 spiro atoms. The zero-order valence-electron chi connectivity index (χ0n) is 8.53.